The number of aliphatic hydroxyl groups excluding tert-OH is 2. The fourth-order valence-corrected chi connectivity index (χ4v) is 3.71. The Morgan fingerprint density at radius 1 is 1.46 bits per heavy atom. The van der Waals surface area contributed by atoms with Gasteiger partial charge in [-0.05, 0) is 6.92 Å². The summed E-state index contributed by atoms with van der Waals surface area (Å²) < 4.78 is 34.7. The van der Waals surface area contributed by atoms with Gasteiger partial charge in [-0.2, -0.15) is 8.42 Å². The third-order valence-electron chi connectivity index (χ3n) is 3.73. The summed E-state index contributed by atoms with van der Waals surface area (Å²) in [5.41, 5.74) is 1.07. The first-order chi connectivity index (χ1) is 11.2. The zero-order valence-electron chi connectivity index (χ0n) is 12.8. The van der Waals surface area contributed by atoms with E-state index in [9.17, 15) is 18.6 Å². The van der Waals surface area contributed by atoms with Crippen molar-refractivity contribution in [3.8, 4) is 11.5 Å². The molecule has 0 saturated carbocycles. The summed E-state index contributed by atoms with van der Waals surface area (Å²) in [5, 5.41) is 20.1. The maximum atomic E-state index is 11.4. The van der Waals surface area contributed by atoms with Gasteiger partial charge in [0.1, 0.15) is 30.3 Å². The van der Waals surface area contributed by atoms with Gasteiger partial charge in [-0.1, -0.05) is 0 Å². The lowest BCUT2D eigenvalue weighted by Crippen LogP contribution is -2.38. The molecule has 0 aromatic carbocycles. The fraction of sp³-hybridized carbons (Fsp3) is 0.583. The fourth-order valence-electron chi connectivity index (χ4n) is 2.71. The third kappa shape index (κ3) is 3.00. The molecular weight excluding hydrogens is 360 g/mol. The predicted octanol–water partition coefficient (Wildman–Crippen LogP) is -1.03. The standard InChI is InChI=1S/C12H16N4O6S2/c1-5-7-10(14-4-13-7)15-12(23)16(5)11-8(18)9(6(3-17)21-11)22-24(2,19)20/h4,6,8-9,11,17-18H,3H2,1-2H3,(H,13,14,15,23)/t6-,8-,9+,11-/m1/s1. The second-order valence-corrected chi connectivity index (χ2v) is 7.42. The number of ether oxygens (including phenoxy) is 1. The van der Waals surface area contributed by atoms with Gasteiger partial charge in [0.15, 0.2) is 17.2 Å². The van der Waals surface area contributed by atoms with Gasteiger partial charge in [-0.15, -0.1) is 12.6 Å². The molecule has 10 nitrogen and oxygen atoms in total. The molecule has 4 atom stereocenters. The van der Waals surface area contributed by atoms with Gasteiger partial charge < -0.3 is 14.9 Å². The average molecular weight is 376 g/mol. The van der Waals surface area contributed by atoms with Crippen molar-refractivity contribution in [2.45, 2.75) is 36.6 Å². The van der Waals surface area contributed by atoms with Crippen LogP contribution in [0.25, 0.3) is 11.5 Å². The SMILES string of the molecule is Cc1c2ncnc-2nc(S)n1[C@@H]1O[C@H](CO)[C@H](OS(C)(=O)=O)[C@H]1O. The maximum absolute atomic E-state index is 11.4. The second-order valence-electron chi connectivity index (χ2n) is 5.42. The third-order valence-corrected chi connectivity index (χ3v) is 4.62. The molecule has 0 radical (unpaired) electrons. The Balaban J connectivity index is 2.03. The van der Waals surface area contributed by atoms with Gasteiger partial charge in [0, 0.05) is 5.69 Å². The zero-order valence-corrected chi connectivity index (χ0v) is 14.5. The van der Waals surface area contributed by atoms with Crippen LogP contribution in [0.2, 0.25) is 0 Å². The van der Waals surface area contributed by atoms with Gasteiger partial charge in [0.2, 0.25) is 0 Å². The number of hydrogen-bond acceptors (Lipinski definition) is 10. The summed E-state index contributed by atoms with van der Waals surface area (Å²) in [7, 11) is -3.85. The quantitative estimate of drug-likeness (QED) is 0.347. The van der Waals surface area contributed by atoms with Crippen LogP contribution < -0.4 is 0 Å². The van der Waals surface area contributed by atoms with Crippen LogP contribution in [0.1, 0.15) is 11.9 Å². The molecule has 0 amide bonds. The molecule has 2 N–H and O–H groups in total. The number of fused-ring (bicyclic) bond motifs is 1. The van der Waals surface area contributed by atoms with E-state index in [0.717, 1.165) is 6.26 Å². The molecule has 0 unspecified atom stereocenters. The topological polar surface area (TPSA) is 137 Å². The van der Waals surface area contributed by atoms with Gasteiger partial charge in [-0.25, -0.2) is 15.0 Å². The summed E-state index contributed by atoms with van der Waals surface area (Å²) in [6.45, 7) is 1.19. The van der Waals surface area contributed by atoms with E-state index in [4.69, 9.17) is 8.92 Å². The van der Waals surface area contributed by atoms with E-state index >= 15 is 0 Å². The first-order valence-electron chi connectivity index (χ1n) is 6.94. The van der Waals surface area contributed by atoms with Crippen LogP contribution in [0.4, 0.5) is 0 Å². The smallest absolute Gasteiger partial charge is 0.264 e. The van der Waals surface area contributed by atoms with Crippen LogP contribution in [-0.2, 0) is 19.0 Å². The molecule has 1 saturated heterocycles. The Morgan fingerprint density at radius 2 is 2.17 bits per heavy atom. The van der Waals surface area contributed by atoms with E-state index < -0.39 is 41.3 Å². The number of rotatable bonds is 4. The zero-order chi connectivity index (χ0) is 17.6. The first kappa shape index (κ1) is 17.5. The lowest BCUT2D eigenvalue weighted by molar-refractivity contribution is -0.0579. The summed E-state index contributed by atoms with van der Waals surface area (Å²) in [6, 6.07) is 0. The Bertz CT molecular complexity index is 825. The minimum absolute atomic E-state index is 0.196. The molecule has 3 aliphatic rings. The van der Waals surface area contributed by atoms with Gasteiger partial charge >= 0.3 is 0 Å². The molecular formula is C12H16N4O6S2. The van der Waals surface area contributed by atoms with Crippen LogP contribution >= 0.6 is 12.6 Å². The molecule has 0 spiro atoms. The van der Waals surface area contributed by atoms with Crippen LogP contribution in [-0.4, -0.2) is 69.3 Å². The van der Waals surface area contributed by atoms with E-state index in [-0.39, 0.29) is 5.16 Å². The van der Waals surface area contributed by atoms with Gasteiger partial charge in [0.25, 0.3) is 10.1 Å². The summed E-state index contributed by atoms with van der Waals surface area (Å²) >= 11 is 4.28. The van der Waals surface area contributed by atoms with E-state index in [2.05, 4.69) is 27.6 Å². The number of nitrogens with zero attached hydrogens (tertiary/aromatic N) is 4. The number of hydrogen-bond donors (Lipinski definition) is 3. The van der Waals surface area contributed by atoms with Crippen molar-refractivity contribution in [3.05, 3.63) is 12.0 Å². The highest BCUT2D eigenvalue weighted by Gasteiger charge is 2.48. The summed E-state index contributed by atoms with van der Waals surface area (Å²) in [4.78, 5) is 12.2. The maximum Gasteiger partial charge on any atom is 0.264 e. The van der Waals surface area contributed by atoms with Crippen molar-refractivity contribution >= 4 is 22.7 Å². The summed E-state index contributed by atoms with van der Waals surface area (Å²) in [6.07, 6.45) is -2.49. The molecule has 132 valence electrons. The minimum Gasteiger partial charge on any atom is -0.394 e. The molecule has 3 heterocycles. The molecule has 12 heteroatoms. The molecule has 24 heavy (non-hydrogen) atoms. The van der Waals surface area contributed by atoms with E-state index in [0.29, 0.717) is 17.2 Å². The van der Waals surface area contributed by atoms with Crippen molar-refractivity contribution in [2.24, 2.45) is 0 Å². The largest absolute Gasteiger partial charge is 0.394 e. The van der Waals surface area contributed by atoms with E-state index in [1.54, 1.807) is 6.92 Å². The number of thiol groups is 1. The van der Waals surface area contributed by atoms with Crippen LogP contribution in [0, 0.1) is 6.92 Å². The van der Waals surface area contributed by atoms with Crippen molar-refractivity contribution < 1.29 is 27.6 Å². The van der Waals surface area contributed by atoms with E-state index in [1.807, 2.05) is 0 Å². The van der Waals surface area contributed by atoms with Crippen LogP contribution in [0.15, 0.2) is 11.5 Å². The number of aliphatic hydroxyl groups is 2. The van der Waals surface area contributed by atoms with Crippen molar-refractivity contribution in [1.82, 2.24) is 19.5 Å². The Hall–Kier alpha value is -1.31. The Morgan fingerprint density at radius 3 is 2.79 bits per heavy atom. The Kier molecular flexibility index (Phi) is 4.53. The first-order valence-corrected chi connectivity index (χ1v) is 9.20. The van der Waals surface area contributed by atoms with E-state index in [1.165, 1.54) is 10.9 Å². The minimum atomic E-state index is -3.85. The predicted molar refractivity (Wildman–Crippen MR) is 83.1 cm³/mol. The molecule has 0 aliphatic carbocycles. The molecule has 0 bridgehead atoms. The highest BCUT2D eigenvalue weighted by Crippen LogP contribution is 2.36. The number of aromatic nitrogens is 4. The highest BCUT2D eigenvalue weighted by molar-refractivity contribution is 7.86. The van der Waals surface area contributed by atoms with Crippen LogP contribution in [0.5, 0.6) is 0 Å². The lowest BCUT2D eigenvalue weighted by atomic mass is 10.1. The Labute approximate surface area is 143 Å². The molecule has 3 rings (SSSR count). The monoisotopic (exact) mass is 376 g/mol. The normalized spacial score (nSPS) is 27.9. The molecule has 3 aliphatic heterocycles. The van der Waals surface area contributed by atoms with Crippen molar-refractivity contribution in [1.29, 1.82) is 0 Å². The summed E-state index contributed by atoms with van der Waals surface area (Å²) in [5.74, 6) is 0.392. The lowest BCUT2D eigenvalue weighted by Gasteiger charge is -2.24. The van der Waals surface area contributed by atoms with Crippen molar-refractivity contribution in [3.63, 3.8) is 0 Å². The molecule has 1 fully saturated rings. The number of imidazole rings is 1. The molecule has 0 aromatic heterocycles. The highest BCUT2D eigenvalue weighted by atomic mass is 32.2. The molecule has 0 aromatic rings. The average Bonchev–Trinajstić information content (AvgIpc) is 3.05. The van der Waals surface area contributed by atoms with Crippen LogP contribution in [0.3, 0.4) is 0 Å². The van der Waals surface area contributed by atoms with Gasteiger partial charge in [-0.3, -0.25) is 8.75 Å². The second kappa shape index (κ2) is 6.20. The van der Waals surface area contributed by atoms with Crippen molar-refractivity contribution in [2.75, 3.05) is 12.9 Å². The van der Waals surface area contributed by atoms with Gasteiger partial charge in [0.05, 0.1) is 12.9 Å².